The predicted octanol–water partition coefficient (Wildman–Crippen LogP) is 2.33. The van der Waals surface area contributed by atoms with E-state index in [4.69, 9.17) is 0 Å². The second kappa shape index (κ2) is 4.68. The van der Waals surface area contributed by atoms with E-state index >= 15 is 0 Å². The summed E-state index contributed by atoms with van der Waals surface area (Å²) >= 11 is 0. The number of nitrogens with one attached hydrogen (secondary N) is 1. The maximum Gasteiger partial charge on any atom is 0.254 e. The standard InChI is InChI=1S/C17H17N5O/c23-17(13-3-4-15-12(7-13)5-6-18-15)21-8-14(9-21)22-10-16(19-20-22)11-1-2-11/h3-7,10-11,14,18H,1-2,8-9H2. The number of H-pyrrole nitrogens is 1. The van der Waals surface area contributed by atoms with Crippen LogP contribution in [-0.4, -0.2) is 43.9 Å². The first-order valence-electron chi connectivity index (χ1n) is 8.06. The summed E-state index contributed by atoms with van der Waals surface area (Å²) < 4.78 is 1.92. The van der Waals surface area contributed by atoms with E-state index in [2.05, 4.69) is 21.5 Å². The van der Waals surface area contributed by atoms with Crippen molar-refractivity contribution >= 4 is 16.8 Å². The molecule has 0 atom stereocenters. The summed E-state index contributed by atoms with van der Waals surface area (Å²) in [7, 11) is 0. The lowest BCUT2D eigenvalue weighted by molar-refractivity contribution is 0.0498. The summed E-state index contributed by atoms with van der Waals surface area (Å²) in [6, 6.07) is 8.03. The van der Waals surface area contributed by atoms with Gasteiger partial charge >= 0.3 is 0 Å². The molecule has 2 aliphatic rings. The number of amides is 1. The fourth-order valence-corrected chi connectivity index (χ4v) is 3.19. The number of aromatic amines is 1. The number of aromatic nitrogens is 4. The highest BCUT2D eigenvalue weighted by Crippen LogP contribution is 2.39. The molecule has 0 bridgehead atoms. The highest BCUT2D eigenvalue weighted by Gasteiger charge is 2.34. The minimum absolute atomic E-state index is 0.0897. The summed E-state index contributed by atoms with van der Waals surface area (Å²) in [5, 5.41) is 9.54. The van der Waals surface area contributed by atoms with Crippen molar-refractivity contribution < 1.29 is 4.79 Å². The van der Waals surface area contributed by atoms with Crippen molar-refractivity contribution in [2.75, 3.05) is 13.1 Å². The van der Waals surface area contributed by atoms with E-state index in [0.717, 1.165) is 22.2 Å². The minimum Gasteiger partial charge on any atom is -0.361 e. The lowest BCUT2D eigenvalue weighted by Crippen LogP contribution is -2.50. The summed E-state index contributed by atoms with van der Waals surface area (Å²) in [5.74, 6) is 0.710. The molecule has 1 amide bonds. The number of hydrogen-bond acceptors (Lipinski definition) is 3. The molecule has 116 valence electrons. The zero-order chi connectivity index (χ0) is 15.4. The number of carbonyl (C=O) groups excluding carboxylic acids is 1. The lowest BCUT2D eigenvalue weighted by Gasteiger charge is -2.38. The third kappa shape index (κ3) is 2.13. The Kier molecular flexibility index (Phi) is 2.62. The van der Waals surface area contributed by atoms with Crippen LogP contribution in [0.25, 0.3) is 10.9 Å². The average Bonchev–Trinajstić information content (AvgIpc) is 3.08. The molecule has 1 aliphatic carbocycles. The maximum absolute atomic E-state index is 12.6. The number of hydrogen-bond donors (Lipinski definition) is 1. The van der Waals surface area contributed by atoms with Gasteiger partial charge in [-0.2, -0.15) is 0 Å². The number of fused-ring (bicyclic) bond motifs is 1. The molecule has 3 aromatic rings. The molecule has 2 aromatic heterocycles. The molecule has 1 saturated heterocycles. The normalized spacial score (nSPS) is 18.3. The molecular weight excluding hydrogens is 290 g/mol. The van der Waals surface area contributed by atoms with Crippen molar-refractivity contribution in [2.24, 2.45) is 0 Å². The van der Waals surface area contributed by atoms with E-state index in [1.807, 2.05) is 40.0 Å². The molecule has 0 radical (unpaired) electrons. The van der Waals surface area contributed by atoms with Gasteiger partial charge in [-0.05, 0) is 37.1 Å². The average molecular weight is 307 g/mol. The fourth-order valence-electron chi connectivity index (χ4n) is 3.19. The monoisotopic (exact) mass is 307 g/mol. The molecule has 5 rings (SSSR count). The summed E-state index contributed by atoms with van der Waals surface area (Å²) in [5.41, 5.74) is 2.90. The van der Waals surface area contributed by atoms with Crippen LogP contribution in [0.5, 0.6) is 0 Å². The van der Waals surface area contributed by atoms with Gasteiger partial charge < -0.3 is 9.88 Å². The first kappa shape index (κ1) is 12.9. The maximum atomic E-state index is 12.6. The Labute approximate surface area is 133 Å². The van der Waals surface area contributed by atoms with Crippen molar-refractivity contribution in [3.05, 3.63) is 47.9 Å². The summed E-state index contributed by atoms with van der Waals surface area (Å²) in [6.45, 7) is 1.41. The molecule has 1 aromatic carbocycles. The molecule has 1 saturated carbocycles. The van der Waals surface area contributed by atoms with Crippen molar-refractivity contribution in [2.45, 2.75) is 24.8 Å². The van der Waals surface area contributed by atoms with Crippen molar-refractivity contribution in [1.29, 1.82) is 0 Å². The van der Waals surface area contributed by atoms with Crippen molar-refractivity contribution in [1.82, 2.24) is 24.9 Å². The van der Waals surface area contributed by atoms with Crippen molar-refractivity contribution in [3.8, 4) is 0 Å². The molecule has 1 aliphatic heterocycles. The number of benzene rings is 1. The van der Waals surface area contributed by atoms with Gasteiger partial charge in [0.1, 0.15) is 0 Å². The lowest BCUT2D eigenvalue weighted by atomic mass is 10.1. The molecule has 3 heterocycles. The molecule has 6 nitrogen and oxygen atoms in total. The van der Waals surface area contributed by atoms with E-state index in [9.17, 15) is 4.79 Å². The highest BCUT2D eigenvalue weighted by molar-refractivity contribution is 5.98. The quantitative estimate of drug-likeness (QED) is 0.807. The molecule has 6 heteroatoms. The van der Waals surface area contributed by atoms with Gasteiger partial charge in [-0.3, -0.25) is 4.79 Å². The van der Waals surface area contributed by atoms with E-state index in [1.54, 1.807) is 0 Å². The summed E-state index contributed by atoms with van der Waals surface area (Å²) in [6.07, 6.45) is 6.40. The van der Waals surface area contributed by atoms with Crippen LogP contribution in [-0.2, 0) is 0 Å². The van der Waals surface area contributed by atoms with Gasteiger partial charge in [0, 0.05) is 47.9 Å². The second-order valence-corrected chi connectivity index (χ2v) is 6.54. The smallest absolute Gasteiger partial charge is 0.254 e. The van der Waals surface area contributed by atoms with E-state index in [-0.39, 0.29) is 11.9 Å². The van der Waals surface area contributed by atoms with Crippen LogP contribution in [0.15, 0.2) is 36.7 Å². The van der Waals surface area contributed by atoms with Gasteiger partial charge in [-0.25, -0.2) is 4.68 Å². The molecular formula is C17H17N5O. The highest BCUT2D eigenvalue weighted by atomic mass is 16.2. The van der Waals surface area contributed by atoms with E-state index in [1.165, 1.54) is 12.8 Å². The Balaban J connectivity index is 1.28. The van der Waals surface area contributed by atoms with Gasteiger partial charge in [0.2, 0.25) is 0 Å². The van der Waals surface area contributed by atoms with Crippen molar-refractivity contribution in [3.63, 3.8) is 0 Å². The number of nitrogens with zero attached hydrogens (tertiary/aromatic N) is 4. The Bertz CT molecular complexity index is 885. The number of carbonyl (C=O) groups is 1. The molecule has 23 heavy (non-hydrogen) atoms. The molecule has 2 fully saturated rings. The van der Waals surface area contributed by atoms with Gasteiger partial charge in [0.25, 0.3) is 5.91 Å². The first-order chi connectivity index (χ1) is 11.3. The van der Waals surface area contributed by atoms with Crippen LogP contribution < -0.4 is 0 Å². The predicted molar refractivity (Wildman–Crippen MR) is 85.2 cm³/mol. The SMILES string of the molecule is O=C(c1ccc2[nH]ccc2c1)N1CC(n2cc(C3CC3)nn2)C1. The van der Waals surface area contributed by atoms with E-state index in [0.29, 0.717) is 19.0 Å². The fraction of sp³-hybridized carbons (Fsp3) is 0.353. The molecule has 0 unspecified atom stereocenters. The van der Waals surface area contributed by atoms with Gasteiger partial charge in [-0.1, -0.05) is 5.21 Å². The third-order valence-corrected chi connectivity index (χ3v) is 4.85. The van der Waals surface area contributed by atoms with Crippen LogP contribution in [0.2, 0.25) is 0 Å². The Morgan fingerprint density at radius 1 is 1.22 bits per heavy atom. The second-order valence-electron chi connectivity index (χ2n) is 6.54. The number of likely N-dealkylation sites (tertiary alicyclic amines) is 1. The zero-order valence-electron chi connectivity index (χ0n) is 12.6. The third-order valence-electron chi connectivity index (χ3n) is 4.85. The van der Waals surface area contributed by atoms with Gasteiger partial charge in [0.15, 0.2) is 0 Å². The largest absolute Gasteiger partial charge is 0.361 e. The Hall–Kier alpha value is -2.63. The first-order valence-corrected chi connectivity index (χ1v) is 8.06. The molecule has 1 N–H and O–H groups in total. The topological polar surface area (TPSA) is 66.8 Å². The Morgan fingerprint density at radius 3 is 2.91 bits per heavy atom. The van der Waals surface area contributed by atoms with Crippen LogP contribution in [0.1, 0.15) is 40.9 Å². The Morgan fingerprint density at radius 2 is 2.09 bits per heavy atom. The minimum atomic E-state index is 0.0897. The van der Waals surface area contributed by atoms with Gasteiger partial charge in [0.05, 0.1) is 11.7 Å². The van der Waals surface area contributed by atoms with Crippen LogP contribution in [0, 0.1) is 0 Å². The summed E-state index contributed by atoms with van der Waals surface area (Å²) in [4.78, 5) is 17.6. The van der Waals surface area contributed by atoms with Crippen LogP contribution >= 0.6 is 0 Å². The molecule has 0 spiro atoms. The van der Waals surface area contributed by atoms with Gasteiger partial charge in [-0.15, -0.1) is 5.10 Å². The van der Waals surface area contributed by atoms with Crippen LogP contribution in [0.3, 0.4) is 0 Å². The number of rotatable bonds is 3. The van der Waals surface area contributed by atoms with E-state index < -0.39 is 0 Å². The van der Waals surface area contributed by atoms with Crippen LogP contribution in [0.4, 0.5) is 0 Å². The zero-order valence-corrected chi connectivity index (χ0v) is 12.6.